The van der Waals surface area contributed by atoms with Crippen LogP contribution in [0.15, 0.2) is 66.7 Å². The summed E-state index contributed by atoms with van der Waals surface area (Å²) >= 11 is 0. The van der Waals surface area contributed by atoms with Crippen molar-refractivity contribution in [1.29, 1.82) is 0 Å². The minimum Gasteiger partial charge on any atom is -0.397 e. The maximum Gasteiger partial charge on any atom is 0.260 e. The number of amides is 1. The van der Waals surface area contributed by atoms with Gasteiger partial charge in [0.25, 0.3) is 5.91 Å². The molecule has 0 saturated carbocycles. The Morgan fingerprint density at radius 1 is 0.778 bits per heavy atom. The van der Waals surface area contributed by atoms with Gasteiger partial charge in [-0.2, -0.15) is 0 Å². The van der Waals surface area contributed by atoms with Crippen LogP contribution in [-0.4, -0.2) is 24.5 Å². The highest BCUT2D eigenvalue weighted by atomic mass is 16.2. The summed E-state index contributed by atoms with van der Waals surface area (Å²) in [5, 5.41) is 0. The molecule has 0 atom stereocenters. The van der Waals surface area contributed by atoms with E-state index >= 15 is 0 Å². The first-order chi connectivity index (χ1) is 13.0. The molecule has 0 spiro atoms. The predicted octanol–water partition coefficient (Wildman–Crippen LogP) is 3.32. The van der Waals surface area contributed by atoms with Crippen molar-refractivity contribution in [2.75, 3.05) is 17.7 Å². The lowest BCUT2D eigenvalue weighted by atomic mass is 9.82. The second kappa shape index (κ2) is 6.21. The zero-order valence-corrected chi connectivity index (χ0v) is 14.6. The number of carbonyl (C=O) groups excluding carboxylic acids is 3. The SMILES string of the molecule is CN(C(=O)c1ccc2c(c1N)C(=O)c1ccccc1C2=O)c1ccccc1. The van der Waals surface area contributed by atoms with Crippen molar-refractivity contribution in [1.82, 2.24) is 0 Å². The van der Waals surface area contributed by atoms with Gasteiger partial charge in [0, 0.05) is 29.4 Å². The molecule has 0 aliphatic heterocycles. The summed E-state index contributed by atoms with van der Waals surface area (Å²) in [6.07, 6.45) is 0. The maximum atomic E-state index is 12.9. The monoisotopic (exact) mass is 356 g/mol. The molecule has 0 aromatic heterocycles. The molecule has 5 nitrogen and oxygen atoms in total. The van der Waals surface area contributed by atoms with Gasteiger partial charge in [0.05, 0.1) is 16.8 Å². The average Bonchev–Trinajstić information content (AvgIpc) is 2.71. The van der Waals surface area contributed by atoms with Crippen molar-refractivity contribution in [3.63, 3.8) is 0 Å². The third-order valence-corrected chi connectivity index (χ3v) is 4.81. The first kappa shape index (κ1) is 16.7. The summed E-state index contributed by atoms with van der Waals surface area (Å²) < 4.78 is 0. The lowest BCUT2D eigenvalue weighted by Gasteiger charge is -2.22. The lowest BCUT2D eigenvalue weighted by molar-refractivity contribution is 0.0977. The van der Waals surface area contributed by atoms with E-state index in [4.69, 9.17) is 5.73 Å². The van der Waals surface area contributed by atoms with Crippen LogP contribution in [0.1, 0.15) is 42.2 Å². The van der Waals surface area contributed by atoms with Crippen molar-refractivity contribution >= 4 is 28.8 Å². The number of para-hydroxylation sites is 1. The number of fused-ring (bicyclic) bond motifs is 2. The number of rotatable bonds is 2. The van der Waals surface area contributed by atoms with Crippen molar-refractivity contribution < 1.29 is 14.4 Å². The Kier molecular flexibility index (Phi) is 3.85. The van der Waals surface area contributed by atoms with E-state index in [0.717, 1.165) is 0 Å². The van der Waals surface area contributed by atoms with Gasteiger partial charge in [-0.1, -0.05) is 42.5 Å². The first-order valence-corrected chi connectivity index (χ1v) is 8.44. The number of carbonyl (C=O) groups is 3. The molecule has 0 bridgehead atoms. The number of anilines is 2. The molecule has 1 aliphatic carbocycles. The van der Waals surface area contributed by atoms with Gasteiger partial charge in [0.15, 0.2) is 11.6 Å². The number of hydrogen-bond acceptors (Lipinski definition) is 4. The fourth-order valence-corrected chi connectivity index (χ4v) is 3.35. The summed E-state index contributed by atoms with van der Waals surface area (Å²) in [4.78, 5) is 40.1. The lowest BCUT2D eigenvalue weighted by Crippen LogP contribution is -2.29. The topological polar surface area (TPSA) is 80.5 Å². The molecule has 132 valence electrons. The molecule has 1 aliphatic rings. The summed E-state index contributed by atoms with van der Waals surface area (Å²) in [7, 11) is 1.64. The number of nitrogen functional groups attached to an aromatic ring is 1. The van der Waals surface area contributed by atoms with E-state index in [1.165, 1.54) is 17.0 Å². The van der Waals surface area contributed by atoms with Crippen molar-refractivity contribution in [2.45, 2.75) is 0 Å². The maximum absolute atomic E-state index is 12.9. The van der Waals surface area contributed by atoms with E-state index in [2.05, 4.69) is 0 Å². The minimum absolute atomic E-state index is 0.0353. The van der Waals surface area contributed by atoms with Gasteiger partial charge in [0.2, 0.25) is 0 Å². The van der Waals surface area contributed by atoms with Crippen LogP contribution in [-0.2, 0) is 0 Å². The number of nitrogens with two attached hydrogens (primary N) is 1. The Morgan fingerprint density at radius 2 is 1.37 bits per heavy atom. The van der Waals surface area contributed by atoms with Crippen molar-refractivity contribution in [3.05, 3.63) is 94.5 Å². The molecule has 0 fully saturated rings. The fraction of sp³-hybridized carbons (Fsp3) is 0.0455. The third kappa shape index (κ3) is 2.52. The molecular weight excluding hydrogens is 340 g/mol. The Bertz CT molecular complexity index is 1100. The number of ketones is 2. The predicted molar refractivity (Wildman–Crippen MR) is 103 cm³/mol. The number of benzene rings is 3. The Labute approximate surface area is 156 Å². The summed E-state index contributed by atoms with van der Waals surface area (Å²) in [5.74, 6) is -0.947. The zero-order chi connectivity index (χ0) is 19.1. The van der Waals surface area contributed by atoms with E-state index in [9.17, 15) is 14.4 Å². The van der Waals surface area contributed by atoms with Crippen molar-refractivity contribution in [3.8, 4) is 0 Å². The van der Waals surface area contributed by atoms with Crippen LogP contribution in [0.3, 0.4) is 0 Å². The van der Waals surface area contributed by atoms with E-state index in [0.29, 0.717) is 16.8 Å². The highest BCUT2D eigenvalue weighted by molar-refractivity contribution is 6.31. The third-order valence-electron chi connectivity index (χ3n) is 4.81. The highest BCUT2D eigenvalue weighted by Gasteiger charge is 2.33. The molecule has 0 saturated heterocycles. The van der Waals surface area contributed by atoms with Gasteiger partial charge in [-0.25, -0.2) is 0 Å². The van der Waals surface area contributed by atoms with E-state index < -0.39 is 0 Å². The normalized spacial score (nSPS) is 12.3. The Balaban J connectivity index is 1.82. The van der Waals surface area contributed by atoms with E-state index in [-0.39, 0.29) is 39.9 Å². The number of hydrogen-bond donors (Lipinski definition) is 1. The van der Waals surface area contributed by atoms with Gasteiger partial charge >= 0.3 is 0 Å². The van der Waals surface area contributed by atoms with E-state index in [1.807, 2.05) is 18.2 Å². The molecule has 0 unspecified atom stereocenters. The Hall–Kier alpha value is -3.73. The first-order valence-electron chi connectivity index (χ1n) is 8.44. The fourth-order valence-electron chi connectivity index (χ4n) is 3.35. The molecule has 3 aromatic rings. The second-order valence-electron chi connectivity index (χ2n) is 6.35. The van der Waals surface area contributed by atoms with Gasteiger partial charge in [-0.3, -0.25) is 14.4 Å². The van der Waals surface area contributed by atoms with Gasteiger partial charge < -0.3 is 10.6 Å². The molecule has 0 heterocycles. The largest absolute Gasteiger partial charge is 0.397 e. The van der Waals surface area contributed by atoms with Gasteiger partial charge in [-0.15, -0.1) is 0 Å². The Morgan fingerprint density at radius 3 is 2.04 bits per heavy atom. The van der Waals surface area contributed by atoms with Crippen LogP contribution in [0.25, 0.3) is 0 Å². The molecule has 4 rings (SSSR count). The second-order valence-corrected chi connectivity index (χ2v) is 6.35. The van der Waals surface area contributed by atoms with Gasteiger partial charge in [-0.05, 0) is 24.3 Å². The molecule has 5 heteroatoms. The molecular formula is C22H16N2O3. The molecule has 2 N–H and O–H groups in total. The minimum atomic E-state index is -0.347. The van der Waals surface area contributed by atoms with Crippen LogP contribution >= 0.6 is 0 Å². The average molecular weight is 356 g/mol. The molecule has 1 amide bonds. The molecule has 0 radical (unpaired) electrons. The summed E-state index contributed by atoms with van der Waals surface area (Å²) in [6.45, 7) is 0. The quantitative estimate of drug-likeness (QED) is 0.559. The highest BCUT2D eigenvalue weighted by Crippen LogP contribution is 2.33. The summed E-state index contributed by atoms with van der Waals surface area (Å²) in [6, 6.07) is 18.8. The zero-order valence-electron chi connectivity index (χ0n) is 14.6. The van der Waals surface area contributed by atoms with Crippen LogP contribution in [0.2, 0.25) is 0 Å². The summed E-state index contributed by atoms with van der Waals surface area (Å²) in [5.41, 5.74) is 8.14. The van der Waals surface area contributed by atoms with Crippen LogP contribution in [0.4, 0.5) is 11.4 Å². The molecule has 27 heavy (non-hydrogen) atoms. The molecule has 3 aromatic carbocycles. The van der Waals surface area contributed by atoms with Crippen LogP contribution < -0.4 is 10.6 Å². The number of nitrogens with zero attached hydrogens (tertiary/aromatic N) is 1. The standard InChI is InChI=1S/C22H16N2O3/c1-24(13-7-3-2-4-8-13)22(27)17-12-11-16-18(19(17)23)21(26)15-10-6-5-9-14(15)20(16)25/h2-12H,23H2,1H3. The van der Waals surface area contributed by atoms with Crippen molar-refractivity contribution in [2.24, 2.45) is 0 Å². The van der Waals surface area contributed by atoms with E-state index in [1.54, 1.807) is 43.4 Å². The van der Waals surface area contributed by atoms with Crippen LogP contribution in [0.5, 0.6) is 0 Å². The van der Waals surface area contributed by atoms with Gasteiger partial charge in [0.1, 0.15) is 0 Å². The van der Waals surface area contributed by atoms with Crippen LogP contribution in [0, 0.1) is 0 Å². The smallest absolute Gasteiger partial charge is 0.260 e.